The third-order valence-corrected chi connectivity index (χ3v) is 5.88. The van der Waals surface area contributed by atoms with Crippen molar-refractivity contribution in [3.8, 4) is 0 Å². The number of aliphatic hydroxyl groups excluding tert-OH is 1. The molecule has 122 valence electrons. The third kappa shape index (κ3) is 3.70. The van der Waals surface area contributed by atoms with Crippen LogP contribution in [0, 0.1) is 0 Å². The number of pyridine rings is 1. The van der Waals surface area contributed by atoms with Crippen LogP contribution in [0.15, 0.2) is 33.4 Å². The Bertz CT molecular complexity index is 807. The fourth-order valence-electron chi connectivity index (χ4n) is 2.21. The second-order valence-electron chi connectivity index (χ2n) is 5.09. The number of hydrogen-bond acceptors (Lipinski definition) is 6. The number of rotatable bonds is 6. The number of nitrogens with one attached hydrogen (secondary N) is 1. The fraction of sp³-hybridized carbons (Fsp3) is 0.267. The molecule has 3 aromatic heterocycles. The molecule has 0 fully saturated rings. The Balaban J connectivity index is 1.95. The molecule has 0 radical (unpaired) electrons. The highest BCUT2D eigenvalue weighted by atomic mass is 79.9. The summed E-state index contributed by atoms with van der Waals surface area (Å²) in [5, 5.41) is 12.9. The number of hydrogen-bond donors (Lipinski definition) is 3. The Labute approximate surface area is 150 Å². The van der Waals surface area contributed by atoms with Gasteiger partial charge in [0.05, 0.1) is 39.8 Å². The number of anilines is 1. The average molecular weight is 417 g/mol. The number of thiophene rings is 1. The average Bonchev–Trinajstić information content (AvgIpc) is 3.15. The maximum absolute atomic E-state index is 9.16. The van der Waals surface area contributed by atoms with Crippen molar-refractivity contribution in [1.29, 1.82) is 0 Å². The van der Waals surface area contributed by atoms with Crippen LogP contribution in [0.2, 0.25) is 5.15 Å². The first-order valence-electron chi connectivity index (χ1n) is 6.98. The van der Waals surface area contributed by atoms with E-state index in [1.807, 2.05) is 12.1 Å². The Morgan fingerprint density at radius 1 is 1.52 bits per heavy atom. The molecule has 0 aliphatic carbocycles. The maximum atomic E-state index is 9.16. The monoisotopic (exact) mass is 415 g/mol. The first-order chi connectivity index (χ1) is 11.1. The van der Waals surface area contributed by atoms with Crippen LogP contribution in [0.25, 0.3) is 10.2 Å². The standard InChI is InChI=1S/C15H15BrClN3O2S/c16-13-11(4-8(18)7-21)23-15-10(5-12(17)20-14(13)15)19-6-9-2-1-3-22-9/h1-3,5,8,21H,4,6-7,18H2,(H,19,20)/t8-/m1/s1. The van der Waals surface area contributed by atoms with Gasteiger partial charge in [0, 0.05) is 23.4 Å². The fourth-order valence-corrected chi connectivity index (χ4v) is 4.45. The molecule has 0 saturated heterocycles. The van der Waals surface area contributed by atoms with Gasteiger partial charge in [0.15, 0.2) is 0 Å². The molecule has 5 nitrogen and oxygen atoms in total. The lowest BCUT2D eigenvalue weighted by molar-refractivity contribution is 0.265. The van der Waals surface area contributed by atoms with Gasteiger partial charge in [0.25, 0.3) is 0 Å². The molecule has 3 heterocycles. The van der Waals surface area contributed by atoms with Crippen molar-refractivity contribution >= 4 is 54.8 Å². The number of aliphatic hydroxyl groups is 1. The Kier molecular flexibility index (Phi) is 5.23. The molecular formula is C15H15BrClN3O2S. The van der Waals surface area contributed by atoms with E-state index in [0.717, 1.165) is 31.0 Å². The molecule has 0 saturated carbocycles. The van der Waals surface area contributed by atoms with Crippen molar-refractivity contribution in [3.63, 3.8) is 0 Å². The lowest BCUT2D eigenvalue weighted by Crippen LogP contribution is -2.26. The third-order valence-electron chi connectivity index (χ3n) is 3.33. The summed E-state index contributed by atoms with van der Waals surface area (Å²) in [5.74, 6) is 0.837. The topological polar surface area (TPSA) is 84.3 Å². The minimum Gasteiger partial charge on any atom is -0.467 e. The van der Waals surface area contributed by atoms with Crippen LogP contribution in [0.4, 0.5) is 5.69 Å². The molecule has 0 amide bonds. The second-order valence-corrected chi connectivity index (χ2v) is 7.37. The molecule has 23 heavy (non-hydrogen) atoms. The number of fused-ring (bicyclic) bond motifs is 1. The molecule has 4 N–H and O–H groups in total. The normalized spacial score (nSPS) is 12.7. The van der Waals surface area contributed by atoms with E-state index in [0.29, 0.717) is 18.1 Å². The summed E-state index contributed by atoms with van der Waals surface area (Å²) in [6.45, 7) is 0.502. The van der Waals surface area contributed by atoms with E-state index >= 15 is 0 Å². The summed E-state index contributed by atoms with van der Waals surface area (Å²) in [7, 11) is 0. The van der Waals surface area contributed by atoms with Crippen molar-refractivity contribution in [1.82, 2.24) is 4.98 Å². The van der Waals surface area contributed by atoms with Gasteiger partial charge in [0.2, 0.25) is 0 Å². The Morgan fingerprint density at radius 3 is 3.04 bits per heavy atom. The minimum absolute atomic E-state index is 0.0571. The number of aromatic nitrogens is 1. The molecule has 8 heteroatoms. The van der Waals surface area contributed by atoms with Gasteiger partial charge in [-0.15, -0.1) is 11.3 Å². The van der Waals surface area contributed by atoms with Gasteiger partial charge in [-0.1, -0.05) is 11.6 Å². The number of nitrogens with zero attached hydrogens (tertiary/aromatic N) is 1. The van der Waals surface area contributed by atoms with E-state index in [2.05, 4.69) is 26.2 Å². The highest BCUT2D eigenvalue weighted by Gasteiger charge is 2.17. The van der Waals surface area contributed by atoms with E-state index in [1.165, 1.54) is 0 Å². The zero-order chi connectivity index (χ0) is 16.4. The predicted octanol–water partition coefficient (Wildman–Crippen LogP) is 3.78. The molecule has 0 spiro atoms. The van der Waals surface area contributed by atoms with Crippen LogP contribution in [0.1, 0.15) is 10.6 Å². The van der Waals surface area contributed by atoms with Gasteiger partial charge in [-0.25, -0.2) is 4.98 Å². The van der Waals surface area contributed by atoms with Gasteiger partial charge in [-0.05, 0) is 28.1 Å². The molecule has 0 aliphatic heterocycles. The summed E-state index contributed by atoms with van der Waals surface area (Å²) in [6.07, 6.45) is 2.22. The first kappa shape index (κ1) is 16.7. The summed E-state index contributed by atoms with van der Waals surface area (Å²) < 4.78 is 7.21. The quantitative estimate of drug-likeness (QED) is 0.533. The van der Waals surface area contributed by atoms with Crippen LogP contribution >= 0.6 is 38.9 Å². The van der Waals surface area contributed by atoms with Gasteiger partial charge in [-0.2, -0.15) is 0 Å². The van der Waals surface area contributed by atoms with Crippen LogP contribution in [0.3, 0.4) is 0 Å². The van der Waals surface area contributed by atoms with Gasteiger partial charge >= 0.3 is 0 Å². The molecule has 0 bridgehead atoms. The SMILES string of the molecule is N[C@@H](CO)Cc1sc2c(NCc3ccco3)cc(Cl)nc2c1Br. The molecule has 0 unspecified atom stereocenters. The van der Waals surface area contributed by atoms with E-state index < -0.39 is 0 Å². The van der Waals surface area contributed by atoms with Crippen LogP contribution in [0.5, 0.6) is 0 Å². The Hall–Kier alpha value is -1.12. The molecule has 3 rings (SSSR count). The summed E-state index contributed by atoms with van der Waals surface area (Å²) >= 11 is 11.3. The van der Waals surface area contributed by atoms with Crippen molar-refractivity contribution in [3.05, 3.63) is 44.7 Å². The predicted molar refractivity (Wildman–Crippen MR) is 97.1 cm³/mol. The number of furan rings is 1. The highest BCUT2D eigenvalue weighted by Crippen LogP contribution is 2.40. The molecule has 3 aromatic rings. The summed E-state index contributed by atoms with van der Waals surface area (Å²) in [5.41, 5.74) is 7.54. The summed E-state index contributed by atoms with van der Waals surface area (Å²) in [6, 6.07) is 5.26. The van der Waals surface area contributed by atoms with Gasteiger partial charge in [0.1, 0.15) is 10.9 Å². The van der Waals surface area contributed by atoms with Gasteiger partial charge < -0.3 is 20.6 Å². The maximum Gasteiger partial charge on any atom is 0.131 e. The number of nitrogens with two attached hydrogens (primary N) is 1. The van der Waals surface area contributed by atoms with Crippen molar-refractivity contribution < 1.29 is 9.52 Å². The first-order valence-corrected chi connectivity index (χ1v) is 8.97. The second kappa shape index (κ2) is 7.19. The van der Waals surface area contributed by atoms with Crippen LogP contribution in [-0.4, -0.2) is 22.7 Å². The lowest BCUT2D eigenvalue weighted by Gasteiger charge is -2.06. The van der Waals surface area contributed by atoms with E-state index in [-0.39, 0.29) is 12.6 Å². The van der Waals surface area contributed by atoms with E-state index in [1.54, 1.807) is 23.7 Å². The molecule has 1 atom stereocenters. The highest BCUT2D eigenvalue weighted by molar-refractivity contribution is 9.10. The zero-order valence-electron chi connectivity index (χ0n) is 12.1. The molecule has 0 aliphatic rings. The molecule has 0 aromatic carbocycles. The van der Waals surface area contributed by atoms with Gasteiger partial charge in [-0.3, -0.25) is 0 Å². The van der Waals surface area contributed by atoms with Crippen LogP contribution < -0.4 is 11.1 Å². The number of halogens is 2. The molecular weight excluding hydrogens is 402 g/mol. The lowest BCUT2D eigenvalue weighted by atomic mass is 10.2. The minimum atomic E-state index is -0.297. The Morgan fingerprint density at radius 2 is 2.35 bits per heavy atom. The summed E-state index contributed by atoms with van der Waals surface area (Å²) in [4.78, 5) is 5.44. The van der Waals surface area contributed by atoms with Crippen molar-refractivity contribution in [2.75, 3.05) is 11.9 Å². The van der Waals surface area contributed by atoms with E-state index in [9.17, 15) is 0 Å². The van der Waals surface area contributed by atoms with E-state index in [4.69, 9.17) is 26.9 Å². The zero-order valence-corrected chi connectivity index (χ0v) is 15.2. The van der Waals surface area contributed by atoms with Crippen molar-refractivity contribution in [2.45, 2.75) is 19.0 Å². The van der Waals surface area contributed by atoms with Crippen molar-refractivity contribution in [2.24, 2.45) is 5.73 Å². The van der Waals surface area contributed by atoms with Crippen LogP contribution in [-0.2, 0) is 13.0 Å². The smallest absolute Gasteiger partial charge is 0.131 e. The largest absolute Gasteiger partial charge is 0.467 e.